The number of carbonyl (C=O) groups excluding carboxylic acids is 2. The lowest BCUT2D eigenvalue weighted by molar-refractivity contribution is -0.142. The number of nitrogens with one attached hydrogen (secondary N) is 2. The van der Waals surface area contributed by atoms with Gasteiger partial charge in [-0.3, -0.25) is 4.79 Å². The summed E-state index contributed by atoms with van der Waals surface area (Å²) in [7, 11) is -2.05. The van der Waals surface area contributed by atoms with E-state index in [1.165, 1.54) is 0 Å². The molecule has 1 aromatic carbocycles. The van der Waals surface area contributed by atoms with Crippen LogP contribution in [-0.2, 0) is 25.4 Å². The van der Waals surface area contributed by atoms with Crippen molar-refractivity contribution in [3.8, 4) is 0 Å². The summed E-state index contributed by atoms with van der Waals surface area (Å²) < 4.78 is 11.0. The molecule has 0 fully saturated rings. The fourth-order valence-corrected chi connectivity index (χ4v) is 3.34. The second-order valence-electron chi connectivity index (χ2n) is 8.74. The molecule has 174 valence electrons. The van der Waals surface area contributed by atoms with Crippen LogP contribution in [0.4, 0.5) is 4.79 Å². The van der Waals surface area contributed by atoms with Gasteiger partial charge in [0.25, 0.3) is 0 Å². The molecule has 31 heavy (non-hydrogen) atoms. The van der Waals surface area contributed by atoms with Gasteiger partial charge in [0.15, 0.2) is 8.32 Å². The van der Waals surface area contributed by atoms with Crippen molar-refractivity contribution in [3.63, 3.8) is 0 Å². The van der Waals surface area contributed by atoms with Gasteiger partial charge in [-0.25, -0.2) is 9.59 Å². The summed E-state index contributed by atoms with van der Waals surface area (Å²) >= 11 is 0. The zero-order valence-electron chi connectivity index (χ0n) is 18.8. The Balaban J connectivity index is 2.57. The van der Waals surface area contributed by atoms with Gasteiger partial charge in [0, 0.05) is 13.0 Å². The number of rotatable bonds is 11. The molecular formula is C21H34N2O7Si. The lowest BCUT2D eigenvalue weighted by Crippen LogP contribution is -2.53. The van der Waals surface area contributed by atoms with Gasteiger partial charge < -0.3 is 30.0 Å². The summed E-state index contributed by atoms with van der Waals surface area (Å²) in [6.45, 7) is 9.78. The molecule has 0 aliphatic heterocycles. The van der Waals surface area contributed by atoms with E-state index in [-0.39, 0.29) is 24.7 Å². The molecule has 0 spiro atoms. The maximum atomic E-state index is 12.4. The molecule has 0 aliphatic rings. The summed E-state index contributed by atoms with van der Waals surface area (Å²) in [6.07, 6.45) is -0.837. The molecule has 0 saturated carbocycles. The van der Waals surface area contributed by atoms with Gasteiger partial charge in [-0.2, -0.15) is 0 Å². The Labute approximate surface area is 184 Å². The Bertz CT molecular complexity index is 735. The smallest absolute Gasteiger partial charge is 0.408 e. The number of ether oxygens (including phenoxy) is 1. The van der Waals surface area contributed by atoms with E-state index in [1.807, 2.05) is 19.2 Å². The Kier molecular flexibility index (Phi) is 10.1. The molecule has 10 heteroatoms. The third-order valence-electron chi connectivity index (χ3n) is 5.29. The van der Waals surface area contributed by atoms with Crippen LogP contribution in [0.5, 0.6) is 0 Å². The Morgan fingerprint density at radius 1 is 1.06 bits per heavy atom. The summed E-state index contributed by atoms with van der Waals surface area (Å²) in [5.41, 5.74) is 0.760. The molecular weight excluding hydrogens is 420 g/mol. The van der Waals surface area contributed by atoms with E-state index in [2.05, 4.69) is 31.4 Å². The molecule has 1 aromatic rings. The zero-order valence-corrected chi connectivity index (χ0v) is 19.8. The van der Waals surface area contributed by atoms with Gasteiger partial charge >= 0.3 is 12.1 Å². The largest absolute Gasteiger partial charge is 0.480 e. The van der Waals surface area contributed by atoms with Gasteiger partial charge in [-0.05, 0) is 23.7 Å². The van der Waals surface area contributed by atoms with Crippen molar-refractivity contribution in [1.29, 1.82) is 0 Å². The van der Waals surface area contributed by atoms with Gasteiger partial charge in [0.05, 0.1) is 6.61 Å². The first-order chi connectivity index (χ1) is 14.4. The Morgan fingerprint density at radius 2 is 1.68 bits per heavy atom. The van der Waals surface area contributed by atoms with Crippen LogP contribution < -0.4 is 10.6 Å². The van der Waals surface area contributed by atoms with Gasteiger partial charge in [-0.1, -0.05) is 51.1 Å². The van der Waals surface area contributed by atoms with E-state index in [4.69, 9.17) is 9.16 Å². The number of carbonyl (C=O) groups is 3. The van der Waals surface area contributed by atoms with Crippen LogP contribution in [0.2, 0.25) is 18.1 Å². The average molecular weight is 455 g/mol. The standard InChI is InChI=1S/C21H34N2O7Si/c1-21(2,3)31(4,5)30-12-11-16(19(26)27)22-18(25)17(13-24)23-20(28)29-14-15-9-7-6-8-10-15/h6-10,16-17,24H,11-14H2,1-5H3,(H,22,25)(H,23,28)(H,26,27)/t16-,17-/m0/s1. The number of alkyl carbamates (subject to hydrolysis) is 1. The predicted octanol–water partition coefficient (Wildman–Crippen LogP) is 2.25. The van der Waals surface area contributed by atoms with Crippen LogP contribution in [0.1, 0.15) is 32.8 Å². The zero-order chi connectivity index (χ0) is 23.7. The van der Waals surface area contributed by atoms with E-state index in [1.54, 1.807) is 24.3 Å². The highest BCUT2D eigenvalue weighted by molar-refractivity contribution is 6.74. The quantitative estimate of drug-likeness (QED) is 0.377. The number of aliphatic hydroxyl groups is 1. The van der Waals surface area contributed by atoms with Crippen molar-refractivity contribution in [1.82, 2.24) is 10.6 Å². The third kappa shape index (κ3) is 9.07. The highest BCUT2D eigenvalue weighted by atomic mass is 28.4. The number of carboxylic acids is 1. The fraction of sp³-hybridized carbons (Fsp3) is 0.571. The van der Waals surface area contributed by atoms with Crippen molar-refractivity contribution >= 4 is 26.3 Å². The lowest BCUT2D eigenvalue weighted by atomic mass is 10.2. The van der Waals surface area contributed by atoms with Crippen LogP contribution in [0.3, 0.4) is 0 Å². The van der Waals surface area contributed by atoms with E-state index in [0.29, 0.717) is 0 Å². The first-order valence-corrected chi connectivity index (χ1v) is 13.0. The van der Waals surface area contributed by atoms with Gasteiger partial charge in [0.2, 0.25) is 5.91 Å². The highest BCUT2D eigenvalue weighted by Crippen LogP contribution is 2.36. The van der Waals surface area contributed by atoms with E-state index in [9.17, 15) is 24.6 Å². The molecule has 4 N–H and O–H groups in total. The molecule has 0 unspecified atom stereocenters. The van der Waals surface area contributed by atoms with Crippen LogP contribution in [-0.4, -0.2) is 61.8 Å². The molecule has 1 rings (SSSR count). The average Bonchev–Trinajstić information content (AvgIpc) is 2.69. The minimum absolute atomic E-state index is 0.00498. The number of hydrogen-bond acceptors (Lipinski definition) is 6. The van der Waals surface area contributed by atoms with Crippen LogP contribution >= 0.6 is 0 Å². The molecule has 9 nitrogen and oxygen atoms in total. The molecule has 2 amide bonds. The number of hydrogen-bond donors (Lipinski definition) is 4. The molecule has 0 bridgehead atoms. The van der Waals surface area contributed by atoms with Crippen molar-refractivity contribution in [3.05, 3.63) is 35.9 Å². The third-order valence-corrected chi connectivity index (χ3v) is 9.83. The summed E-state index contributed by atoms with van der Waals surface area (Å²) in [6, 6.07) is 6.40. The fourth-order valence-electron chi connectivity index (χ4n) is 2.28. The molecule has 0 saturated heterocycles. The Morgan fingerprint density at radius 3 is 2.19 bits per heavy atom. The van der Waals surface area contributed by atoms with E-state index >= 15 is 0 Å². The van der Waals surface area contributed by atoms with Crippen molar-refractivity contribution < 1.29 is 33.8 Å². The van der Waals surface area contributed by atoms with Gasteiger partial charge in [-0.15, -0.1) is 0 Å². The van der Waals surface area contributed by atoms with Crippen molar-refractivity contribution in [2.24, 2.45) is 0 Å². The van der Waals surface area contributed by atoms with Crippen molar-refractivity contribution in [2.75, 3.05) is 13.2 Å². The molecule has 2 atom stereocenters. The molecule has 0 aliphatic carbocycles. The molecule has 0 radical (unpaired) electrons. The van der Waals surface area contributed by atoms with Crippen molar-refractivity contribution in [2.45, 2.75) is 64.0 Å². The summed E-state index contributed by atoms with van der Waals surface area (Å²) in [4.78, 5) is 35.9. The number of aliphatic hydroxyl groups excluding tert-OH is 1. The van der Waals surface area contributed by atoms with Crippen LogP contribution in [0, 0.1) is 0 Å². The summed E-state index contributed by atoms with van der Waals surface area (Å²) in [5, 5.41) is 23.4. The second-order valence-corrected chi connectivity index (χ2v) is 13.5. The number of amides is 2. The molecule has 0 aromatic heterocycles. The normalized spacial score (nSPS) is 13.7. The van der Waals surface area contributed by atoms with E-state index in [0.717, 1.165) is 5.56 Å². The predicted molar refractivity (Wildman–Crippen MR) is 118 cm³/mol. The van der Waals surface area contributed by atoms with Crippen LogP contribution in [0.15, 0.2) is 30.3 Å². The maximum absolute atomic E-state index is 12.4. The first-order valence-electron chi connectivity index (χ1n) is 10.1. The number of carboxylic acid groups (broad SMARTS) is 1. The second kappa shape index (κ2) is 11.8. The Hall–Kier alpha value is -2.43. The lowest BCUT2D eigenvalue weighted by Gasteiger charge is -2.36. The minimum atomic E-state index is -2.05. The summed E-state index contributed by atoms with van der Waals surface area (Å²) in [5.74, 6) is -2.05. The number of aliphatic carboxylic acids is 1. The minimum Gasteiger partial charge on any atom is -0.480 e. The topological polar surface area (TPSA) is 134 Å². The van der Waals surface area contributed by atoms with E-state index < -0.39 is 45.0 Å². The SMILES string of the molecule is CC(C)(C)[Si](C)(C)OCC[C@H](NC(=O)[C@H](CO)NC(=O)OCc1ccccc1)C(=O)O. The number of benzene rings is 1. The maximum Gasteiger partial charge on any atom is 0.408 e. The molecule has 0 heterocycles. The van der Waals surface area contributed by atoms with Gasteiger partial charge in [0.1, 0.15) is 18.7 Å². The first kappa shape index (κ1) is 26.6. The monoisotopic (exact) mass is 454 g/mol. The highest BCUT2D eigenvalue weighted by Gasteiger charge is 2.37. The van der Waals surface area contributed by atoms with Crippen LogP contribution in [0.25, 0.3) is 0 Å².